The molecule has 0 bridgehead atoms. The highest BCUT2D eigenvalue weighted by atomic mass is 16.4. The first kappa shape index (κ1) is 16.0. The lowest BCUT2D eigenvalue weighted by molar-refractivity contribution is 0.0690. The van der Waals surface area contributed by atoms with E-state index < -0.39 is 11.9 Å². The number of carboxylic acids is 1. The Kier molecular flexibility index (Phi) is 3.93. The SMILES string of the molecule is O=C(O)c1cccc2c1C(=O)C(c1ccncc1)C(c1ccncc1)N2. The van der Waals surface area contributed by atoms with Crippen LogP contribution in [0.15, 0.2) is 67.3 Å². The molecule has 0 saturated carbocycles. The highest BCUT2D eigenvalue weighted by Crippen LogP contribution is 2.43. The molecule has 26 heavy (non-hydrogen) atoms. The van der Waals surface area contributed by atoms with Gasteiger partial charge in [-0.05, 0) is 47.5 Å². The van der Waals surface area contributed by atoms with Gasteiger partial charge in [-0.15, -0.1) is 0 Å². The fourth-order valence-corrected chi connectivity index (χ4v) is 3.44. The van der Waals surface area contributed by atoms with Crippen LogP contribution >= 0.6 is 0 Å². The van der Waals surface area contributed by atoms with Crippen molar-refractivity contribution < 1.29 is 14.7 Å². The topological polar surface area (TPSA) is 92.2 Å². The Bertz CT molecular complexity index is 974. The van der Waals surface area contributed by atoms with Gasteiger partial charge in [0.2, 0.25) is 0 Å². The summed E-state index contributed by atoms with van der Waals surface area (Å²) in [6.07, 6.45) is 6.61. The number of hydrogen-bond donors (Lipinski definition) is 2. The van der Waals surface area contributed by atoms with E-state index in [9.17, 15) is 14.7 Å². The van der Waals surface area contributed by atoms with E-state index in [0.717, 1.165) is 11.1 Å². The average molecular weight is 345 g/mol. The molecule has 1 aromatic carbocycles. The number of nitrogens with one attached hydrogen (secondary N) is 1. The number of aromatic nitrogens is 2. The molecule has 0 aliphatic carbocycles. The van der Waals surface area contributed by atoms with Gasteiger partial charge in [0.15, 0.2) is 5.78 Å². The molecule has 2 atom stereocenters. The Morgan fingerprint density at radius 1 is 0.923 bits per heavy atom. The van der Waals surface area contributed by atoms with Crippen molar-refractivity contribution in [1.82, 2.24) is 9.97 Å². The maximum absolute atomic E-state index is 13.4. The molecule has 4 rings (SSSR count). The van der Waals surface area contributed by atoms with E-state index in [2.05, 4.69) is 15.3 Å². The number of nitrogens with zero attached hydrogens (tertiary/aromatic N) is 2. The lowest BCUT2D eigenvalue weighted by Gasteiger charge is -2.34. The number of pyridine rings is 2. The van der Waals surface area contributed by atoms with Crippen LogP contribution in [-0.2, 0) is 0 Å². The summed E-state index contributed by atoms with van der Waals surface area (Å²) >= 11 is 0. The van der Waals surface area contributed by atoms with Crippen molar-refractivity contribution in [2.75, 3.05) is 5.32 Å². The minimum Gasteiger partial charge on any atom is -0.478 e. The second-order valence-corrected chi connectivity index (χ2v) is 6.06. The van der Waals surface area contributed by atoms with Crippen molar-refractivity contribution in [2.45, 2.75) is 12.0 Å². The van der Waals surface area contributed by atoms with Gasteiger partial charge in [0.1, 0.15) is 0 Å². The number of aromatic carboxylic acids is 1. The van der Waals surface area contributed by atoms with E-state index >= 15 is 0 Å². The third-order valence-corrected chi connectivity index (χ3v) is 4.60. The molecule has 1 aliphatic heterocycles. The molecule has 3 heterocycles. The van der Waals surface area contributed by atoms with Gasteiger partial charge in [0.05, 0.1) is 23.1 Å². The van der Waals surface area contributed by atoms with E-state index in [0.29, 0.717) is 5.69 Å². The van der Waals surface area contributed by atoms with Gasteiger partial charge in [0.25, 0.3) is 0 Å². The Labute approximate surface area is 149 Å². The zero-order valence-electron chi connectivity index (χ0n) is 13.7. The summed E-state index contributed by atoms with van der Waals surface area (Å²) in [7, 11) is 0. The van der Waals surface area contributed by atoms with Crippen LogP contribution < -0.4 is 5.32 Å². The van der Waals surface area contributed by atoms with Gasteiger partial charge in [-0.1, -0.05) is 6.07 Å². The lowest BCUT2D eigenvalue weighted by Crippen LogP contribution is -2.33. The molecule has 128 valence electrons. The summed E-state index contributed by atoms with van der Waals surface area (Å²) in [6, 6.07) is 11.8. The number of ketones is 1. The Morgan fingerprint density at radius 2 is 1.54 bits per heavy atom. The first-order chi connectivity index (χ1) is 12.7. The van der Waals surface area contributed by atoms with Gasteiger partial charge < -0.3 is 10.4 Å². The maximum atomic E-state index is 13.4. The predicted molar refractivity (Wildman–Crippen MR) is 95.3 cm³/mol. The Balaban J connectivity index is 1.92. The van der Waals surface area contributed by atoms with Gasteiger partial charge >= 0.3 is 5.97 Å². The van der Waals surface area contributed by atoms with Crippen molar-refractivity contribution in [3.05, 3.63) is 89.5 Å². The summed E-state index contributed by atoms with van der Waals surface area (Å²) in [6.45, 7) is 0. The number of benzene rings is 1. The van der Waals surface area contributed by atoms with E-state index in [1.54, 1.807) is 49.1 Å². The molecule has 0 amide bonds. The number of fused-ring (bicyclic) bond motifs is 1. The zero-order chi connectivity index (χ0) is 18.1. The van der Waals surface area contributed by atoms with Crippen LogP contribution in [0.5, 0.6) is 0 Å². The molecule has 0 saturated heterocycles. The summed E-state index contributed by atoms with van der Waals surface area (Å²) in [5, 5.41) is 12.9. The quantitative estimate of drug-likeness (QED) is 0.757. The van der Waals surface area contributed by atoms with Crippen molar-refractivity contribution in [3.63, 3.8) is 0 Å². The normalized spacial score (nSPS) is 18.7. The number of hydrogen-bond acceptors (Lipinski definition) is 5. The average Bonchev–Trinajstić information content (AvgIpc) is 2.68. The van der Waals surface area contributed by atoms with Crippen molar-refractivity contribution in [1.29, 1.82) is 0 Å². The summed E-state index contributed by atoms with van der Waals surface area (Å²) < 4.78 is 0. The number of anilines is 1. The monoisotopic (exact) mass is 345 g/mol. The van der Waals surface area contributed by atoms with Crippen LogP contribution in [0.25, 0.3) is 0 Å². The number of carboxylic acid groups (broad SMARTS) is 1. The number of carbonyl (C=O) groups is 2. The molecular weight excluding hydrogens is 330 g/mol. The Hall–Kier alpha value is -3.54. The molecule has 6 heteroatoms. The third-order valence-electron chi connectivity index (χ3n) is 4.60. The van der Waals surface area contributed by atoms with Crippen molar-refractivity contribution in [2.24, 2.45) is 0 Å². The summed E-state index contributed by atoms with van der Waals surface area (Å²) in [5.74, 6) is -1.90. The predicted octanol–water partition coefficient (Wildman–Crippen LogP) is 3.31. The maximum Gasteiger partial charge on any atom is 0.336 e. The molecular formula is C20H15N3O3. The van der Waals surface area contributed by atoms with Gasteiger partial charge in [-0.3, -0.25) is 14.8 Å². The van der Waals surface area contributed by atoms with Gasteiger partial charge in [-0.25, -0.2) is 4.79 Å². The number of Topliss-reactive ketones (excluding diaryl/α,β-unsaturated/α-hetero) is 1. The minimum absolute atomic E-state index is 0.00670. The first-order valence-electron chi connectivity index (χ1n) is 8.13. The van der Waals surface area contributed by atoms with Gasteiger partial charge in [0, 0.05) is 30.5 Å². The summed E-state index contributed by atoms with van der Waals surface area (Å²) in [4.78, 5) is 33.1. The molecule has 3 aromatic rings. The van der Waals surface area contributed by atoms with E-state index in [4.69, 9.17) is 0 Å². The highest BCUT2D eigenvalue weighted by Gasteiger charge is 2.39. The second kappa shape index (κ2) is 6.40. The number of rotatable bonds is 3. The molecule has 0 spiro atoms. The lowest BCUT2D eigenvalue weighted by atomic mass is 9.77. The van der Waals surface area contributed by atoms with Crippen molar-refractivity contribution >= 4 is 17.4 Å². The molecule has 2 N–H and O–H groups in total. The first-order valence-corrected chi connectivity index (χ1v) is 8.13. The molecule has 0 radical (unpaired) electrons. The molecule has 0 fully saturated rings. The fraction of sp³-hybridized carbons (Fsp3) is 0.100. The van der Waals surface area contributed by atoms with Crippen LogP contribution in [0, 0.1) is 0 Å². The van der Waals surface area contributed by atoms with Crippen LogP contribution in [0.3, 0.4) is 0 Å². The van der Waals surface area contributed by atoms with E-state index in [-0.39, 0.29) is 23.0 Å². The smallest absolute Gasteiger partial charge is 0.336 e. The zero-order valence-corrected chi connectivity index (χ0v) is 13.7. The highest BCUT2D eigenvalue weighted by molar-refractivity contribution is 6.14. The third kappa shape index (κ3) is 2.61. The molecule has 1 aliphatic rings. The fourth-order valence-electron chi connectivity index (χ4n) is 3.44. The van der Waals surface area contributed by atoms with E-state index in [1.807, 2.05) is 12.1 Å². The van der Waals surface area contributed by atoms with Gasteiger partial charge in [-0.2, -0.15) is 0 Å². The number of carbonyl (C=O) groups excluding carboxylic acids is 1. The molecule has 6 nitrogen and oxygen atoms in total. The second-order valence-electron chi connectivity index (χ2n) is 6.06. The summed E-state index contributed by atoms with van der Waals surface area (Å²) in [5.41, 5.74) is 2.44. The molecule has 2 unspecified atom stereocenters. The van der Waals surface area contributed by atoms with E-state index in [1.165, 1.54) is 6.07 Å². The standard InChI is InChI=1S/C20H15N3O3/c24-19-16(12-4-8-21-9-5-12)18(13-6-10-22-11-7-13)23-15-3-1-2-14(17(15)19)20(25)26/h1-11,16,18,23H,(H,25,26). The van der Waals surface area contributed by atoms with Crippen molar-refractivity contribution in [3.8, 4) is 0 Å². The van der Waals surface area contributed by atoms with Crippen LogP contribution in [0.1, 0.15) is 43.8 Å². The Morgan fingerprint density at radius 3 is 2.15 bits per heavy atom. The van der Waals surface area contributed by atoms with Crippen LogP contribution in [0.4, 0.5) is 5.69 Å². The minimum atomic E-state index is -1.12. The largest absolute Gasteiger partial charge is 0.478 e. The van der Waals surface area contributed by atoms with Crippen LogP contribution in [-0.4, -0.2) is 26.8 Å². The van der Waals surface area contributed by atoms with Crippen LogP contribution in [0.2, 0.25) is 0 Å². The molecule has 2 aromatic heterocycles.